The van der Waals surface area contributed by atoms with Gasteiger partial charge in [-0.25, -0.2) is 4.79 Å². The van der Waals surface area contributed by atoms with E-state index in [1.165, 1.54) is 12.1 Å². The van der Waals surface area contributed by atoms with E-state index in [1.807, 2.05) is 0 Å². The Bertz CT molecular complexity index is 834. The van der Waals surface area contributed by atoms with Crippen LogP contribution in [0.1, 0.15) is 12.0 Å². The Balaban J connectivity index is 2.22. The zero-order chi connectivity index (χ0) is 19.8. The maximum absolute atomic E-state index is 11.8. The number of amides is 1. The fourth-order valence-corrected chi connectivity index (χ4v) is 2.40. The number of aliphatic hydroxyl groups is 1. The second kappa shape index (κ2) is 9.30. The van der Waals surface area contributed by atoms with Gasteiger partial charge in [-0.2, -0.15) is 0 Å². The summed E-state index contributed by atoms with van der Waals surface area (Å²) in [6.45, 7) is 0.385. The Morgan fingerprint density at radius 2 is 1.85 bits per heavy atom. The number of nitro benzene ring substituents is 1. The Morgan fingerprint density at radius 3 is 2.44 bits per heavy atom. The van der Waals surface area contributed by atoms with Crippen LogP contribution in [0.2, 0.25) is 0 Å². The predicted molar refractivity (Wildman–Crippen MR) is 95.6 cm³/mol. The summed E-state index contributed by atoms with van der Waals surface area (Å²) in [4.78, 5) is 33.0. The minimum Gasteiger partial charge on any atom is -0.449 e. The Labute approximate surface area is 154 Å². The van der Waals surface area contributed by atoms with E-state index in [1.54, 1.807) is 24.3 Å². The van der Waals surface area contributed by atoms with E-state index in [4.69, 9.17) is 14.9 Å². The van der Waals surface area contributed by atoms with Crippen molar-refractivity contribution in [2.24, 2.45) is 0 Å². The molecule has 0 spiro atoms. The third kappa shape index (κ3) is 5.79. The van der Waals surface area contributed by atoms with E-state index in [0.29, 0.717) is 24.1 Å². The number of aliphatic hydroxyl groups excluding tert-OH is 1. The Hall–Kier alpha value is -3.46. The minimum absolute atomic E-state index is 0.00105. The molecule has 0 aliphatic carbocycles. The van der Waals surface area contributed by atoms with Gasteiger partial charge in [-0.05, 0) is 23.6 Å². The summed E-state index contributed by atoms with van der Waals surface area (Å²) in [5.41, 5.74) is 1.28. The number of nitrogens with zero attached hydrogens (tertiary/aromatic N) is 1. The molecule has 2 rings (SSSR count). The highest BCUT2D eigenvalue weighted by atomic mass is 16.7. The number of nitro groups is 1. The van der Waals surface area contributed by atoms with Crippen molar-refractivity contribution in [2.45, 2.75) is 12.8 Å². The van der Waals surface area contributed by atoms with Crippen molar-refractivity contribution in [1.82, 2.24) is 5.32 Å². The maximum atomic E-state index is 11.8. The Kier molecular flexibility index (Phi) is 6.84. The number of hydrogen-bond acceptors (Lipinski definition) is 6. The van der Waals surface area contributed by atoms with Crippen molar-refractivity contribution < 1.29 is 29.5 Å². The molecule has 2 aromatic carbocycles. The molecule has 0 radical (unpaired) electrons. The molecule has 0 unspecified atom stereocenters. The first kappa shape index (κ1) is 19.9. The van der Waals surface area contributed by atoms with Crippen LogP contribution in [-0.2, 0) is 11.2 Å². The van der Waals surface area contributed by atoms with Crippen LogP contribution in [0.25, 0.3) is 11.1 Å². The van der Waals surface area contributed by atoms with Gasteiger partial charge in [0.2, 0.25) is 5.91 Å². The van der Waals surface area contributed by atoms with Gasteiger partial charge in [0.15, 0.2) is 0 Å². The average molecular weight is 374 g/mol. The normalized spacial score (nSPS) is 10.3. The molecule has 9 heteroatoms. The monoisotopic (exact) mass is 374 g/mol. The molecule has 0 aromatic heterocycles. The van der Waals surface area contributed by atoms with Crippen LogP contribution in [0.4, 0.5) is 10.5 Å². The molecule has 3 N–H and O–H groups in total. The SMILES string of the molecule is O=C(Cc1ccc(-c2cc([N+](=O)[O-])ccc2OC(=O)O)cc1)NCCCO. The molecule has 27 heavy (non-hydrogen) atoms. The minimum atomic E-state index is -1.53. The molecule has 2 aromatic rings. The van der Waals surface area contributed by atoms with Gasteiger partial charge in [0.25, 0.3) is 5.69 Å². The summed E-state index contributed by atoms with van der Waals surface area (Å²) >= 11 is 0. The summed E-state index contributed by atoms with van der Waals surface area (Å²) in [5, 5.41) is 31.2. The van der Waals surface area contributed by atoms with Gasteiger partial charge in [-0.1, -0.05) is 24.3 Å². The molecule has 142 valence electrons. The predicted octanol–water partition coefficient (Wildman–Crippen LogP) is 2.36. The highest BCUT2D eigenvalue weighted by Gasteiger charge is 2.16. The van der Waals surface area contributed by atoms with Crippen LogP contribution >= 0.6 is 0 Å². The van der Waals surface area contributed by atoms with Crippen LogP contribution in [0.5, 0.6) is 5.75 Å². The second-order valence-corrected chi connectivity index (χ2v) is 5.61. The number of benzene rings is 2. The van der Waals surface area contributed by atoms with Crippen LogP contribution in [0, 0.1) is 10.1 Å². The van der Waals surface area contributed by atoms with Gasteiger partial charge in [-0.15, -0.1) is 0 Å². The fourth-order valence-electron chi connectivity index (χ4n) is 2.40. The lowest BCUT2D eigenvalue weighted by molar-refractivity contribution is -0.384. The first-order valence-electron chi connectivity index (χ1n) is 8.07. The fraction of sp³-hybridized carbons (Fsp3) is 0.222. The van der Waals surface area contributed by atoms with Crippen LogP contribution in [-0.4, -0.2) is 40.4 Å². The summed E-state index contributed by atoms with van der Waals surface area (Å²) < 4.78 is 4.69. The molecule has 0 saturated carbocycles. The molecule has 0 fully saturated rings. The largest absolute Gasteiger partial charge is 0.511 e. The zero-order valence-electron chi connectivity index (χ0n) is 14.3. The average Bonchev–Trinajstić information content (AvgIpc) is 2.62. The molecule has 0 bridgehead atoms. The van der Waals surface area contributed by atoms with Crippen molar-refractivity contribution in [2.75, 3.05) is 13.2 Å². The first-order valence-corrected chi connectivity index (χ1v) is 8.07. The van der Waals surface area contributed by atoms with Gasteiger partial charge in [0.1, 0.15) is 5.75 Å². The lowest BCUT2D eigenvalue weighted by Crippen LogP contribution is -2.26. The van der Waals surface area contributed by atoms with Crippen molar-refractivity contribution in [3.05, 3.63) is 58.1 Å². The lowest BCUT2D eigenvalue weighted by atomic mass is 10.0. The van der Waals surface area contributed by atoms with Crippen molar-refractivity contribution >= 4 is 17.7 Å². The topological polar surface area (TPSA) is 139 Å². The van der Waals surface area contributed by atoms with E-state index in [-0.39, 0.29) is 35.9 Å². The molecule has 1 amide bonds. The van der Waals surface area contributed by atoms with E-state index in [0.717, 1.165) is 6.07 Å². The number of carbonyl (C=O) groups is 2. The third-order valence-electron chi connectivity index (χ3n) is 3.66. The van der Waals surface area contributed by atoms with Gasteiger partial charge < -0.3 is 20.3 Å². The number of carboxylic acid groups (broad SMARTS) is 1. The van der Waals surface area contributed by atoms with E-state index in [2.05, 4.69) is 5.32 Å². The summed E-state index contributed by atoms with van der Waals surface area (Å²) in [7, 11) is 0. The molecule has 0 atom stereocenters. The van der Waals surface area contributed by atoms with Gasteiger partial charge in [0, 0.05) is 30.8 Å². The molecule has 9 nitrogen and oxygen atoms in total. The molecule has 0 saturated heterocycles. The summed E-state index contributed by atoms with van der Waals surface area (Å²) in [6.07, 6.45) is -0.913. The highest BCUT2D eigenvalue weighted by Crippen LogP contribution is 2.33. The number of carbonyl (C=O) groups excluding carboxylic acids is 1. The smallest absolute Gasteiger partial charge is 0.449 e. The molecular weight excluding hydrogens is 356 g/mol. The van der Waals surface area contributed by atoms with Gasteiger partial charge in [0.05, 0.1) is 11.3 Å². The second-order valence-electron chi connectivity index (χ2n) is 5.61. The molecule has 0 heterocycles. The van der Waals surface area contributed by atoms with Crippen LogP contribution in [0.15, 0.2) is 42.5 Å². The van der Waals surface area contributed by atoms with E-state index < -0.39 is 11.1 Å². The Morgan fingerprint density at radius 1 is 1.15 bits per heavy atom. The van der Waals surface area contributed by atoms with Gasteiger partial charge in [-0.3, -0.25) is 14.9 Å². The van der Waals surface area contributed by atoms with Crippen molar-refractivity contribution in [3.8, 4) is 16.9 Å². The number of ether oxygens (including phenoxy) is 1. The number of rotatable bonds is 8. The van der Waals surface area contributed by atoms with Crippen LogP contribution < -0.4 is 10.1 Å². The number of hydrogen-bond donors (Lipinski definition) is 3. The van der Waals surface area contributed by atoms with Gasteiger partial charge >= 0.3 is 6.16 Å². The third-order valence-corrected chi connectivity index (χ3v) is 3.66. The van der Waals surface area contributed by atoms with Crippen molar-refractivity contribution in [3.63, 3.8) is 0 Å². The number of non-ortho nitro benzene ring substituents is 1. The lowest BCUT2D eigenvalue weighted by Gasteiger charge is -2.09. The highest BCUT2D eigenvalue weighted by molar-refractivity contribution is 5.79. The maximum Gasteiger partial charge on any atom is 0.511 e. The molecule has 0 aliphatic rings. The van der Waals surface area contributed by atoms with Crippen molar-refractivity contribution in [1.29, 1.82) is 0 Å². The zero-order valence-corrected chi connectivity index (χ0v) is 14.3. The summed E-state index contributed by atoms with van der Waals surface area (Å²) in [5.74, 6) is -0.218. The summed E-state index contributed by atoms with van der Waals surface area (Å²) in [6, 6.07) is 10.2. The molecule has 0 aliphatic heterocycles. The van der Waals surface area contributed by atoms with E-state index in [9.17, 15) is 19.7 Å². The standard InChI is InChI=1S/C18H18N2O7/c21-9-1-8-19-17(22)10-12-2-4-13(5-3-12)15-11-14(20(25)26)6-7-16(15)27-18(23)24/h2-7,11,21H,1,8-10H2,(H,19,22)(H,23,24). The van der Waals surface area contributed by atoms with E-state index >= 15 is 0 Å². The first-order chi connectivity index (χ1) is 12.9. The number of nitrogens with one attached hydrogen (secondary N) is 1. The molecular formula is C18H18N2O7. The quantitative estimate of drug-likeness (QED) is 0.212. The van der Waals surface area contributed by atoms with Crippen LogP contribution in [0.3, 0.4) is 0 Å².